The van der Waals surface area contributed by atoms with E-state index in [-0.39, 0.29) is 17.9 Å². The van der Waals surface area contributed by atoms with Crippen LogP contribution in [-0.2, 0) is 0 Å². The summed E-state index contributed by atoms with van der Waals surface area (Å²) in [4.78, 5) is 26.3. The van der Waals surface area contributed by atoms with Crippen molar-refractivity contribution in [3.63, 3.8) is 0 Å². The number of carbonyl (C=O) groups excluding carboxylic acids is 2. The molecule has 0 spiro atoms. The van der Waals surface area contributed by atoms with E-state index in [9.17, 15) is 9.59 Å². The van der Waals surface area contributed by atoms with Crippen molar-refractivity contribution in [1.29, 1.82) is 0 Å². The number of fused-ring (bicyclic) bond motifs is 3. The smallest absolute Gasteiger partial charge is 0.261 e. The van der Waals surface area contributed by atoms with E-state index in [1.165, 1.54) is 19.3 Å². The van der Waals surface area contributed by atoms with Gasteiger partial charge >= 0.3 is 0 Å². The molecule has 2 saturated carbocycles. The van der Waals surface area contributed by atoms with E-state index >= 15 is 0 Å². The summed E-state index contributed by atoms with van der Waals surface area (Å²) in [6, 6.07) is 7.35. The quantitative estimate of drug-likeness (QED) is 0.708. The summed E-state index contributed by atoms with van der Waals surface area (Å²) in [6.45, 7) is 0. The number of imide groups is 1. The Labute approximate surface area is 106 Å². The van der Waals surface area contributed by atoms with Crippen LogP contribution in [0, 0.1) is 11.8 Å². The molecule has 2 amide bonds. The highest BCUT2D eigenvalue weighted by Crippen LogP contribution is 2.48. The molecule has 2 fully saturated rings. The lowest BCUT2D eigenvalue weighted by Crippen LogP contribution is -2.42. The fourth-order valence-corrected chi connectivity index (χ4v) is 4.04. The van der Waals surface area contributed by atoms with Crippen molar-refractivity contribution in [3.05, 3.63) is 35.4 Å². The molecule has 0 radical (unpaired) electrons. The number of nitrogens with zero attached hydrogens (tertiary/aromatic N) is 1. The second-order valence-corrected chi connectivity index (χ2v) is 5.77. The first-order chi connectivity index (χ1) is 8.75. The lowest BCUT2D eigenvalue weighted by molar-refractivity contribution is 0.0530. The Morgan fingerprint density at radius 3 is 2.11 bits per heavy atom. The van der Waals surface area contributed by atoms with Gasteiger partial charge in [0, 0.05) is 6.04 Å². The van der Waals surface area contributed by atoms with Crippen LogP contribution in [-0.4, -0.2) is 22.8 Å². The van der Waals surface area contributed by atoms with E-state index in [1.54, 1.807) is 17.0 Å². The third-order valence-corrected chi connectivity index (χ3v) is 4.86. The topological polar surface area (TPSA) is 37.4 Å². The number of rotatable bonds is 1. The first kappa shape index (κ1) is 10.3. The number of hydrogen-bond acceptors (Lipinski definition) is 2. The van der Waals surface area contributed by atoms with E-state index in [0.717, 1.165) is 12.3 Å². The van der Waals surface area contributed by atoms with Crippen molar-refractivity contribution in [2.24, 2.45) is 11.8 Å². The summed E-state index contributed by atoms with van der Waals surface area (Å²) in [5, 5.41) is 0. The molecule has 1 aliphatic heterocycles. The molecule has 3 nitrogen and oxygen atoms in total. The summed E-state index contributed by atoms with van der Waals surface area (Å²) in [6.07, 6.45) is 4.70. The second-order valence-electron chi connectivity index (χ2n) is 5.77. The van der Waals surface area contributed by atoms with Gasteiger partial charge in [-0.3, -0.25) is 14.5 Å². The zero-order valence-electron chi connectivity index (χ0n) is 10.1. The standard InChI is InChI=1S/C15H15NO2/c17-14-11-3-1-2-4-12(11)15(18)16(14)13-8-9-5-6-10(13)7-9/h1-4,9-10,13H,5-8H2/t9-,10+,13+/m1/s1. The number of carbonyl (C=O) groups is 2. The first-order valence-corrected chi connectivity index (χ1v) is 6.72. The molecule has 3 heteroatoms. The van der Waals surface area contributed by atoms with E-state index in [2.05, 4.69) is 0 Å². The normalized spacial score (nSPS) is 33.3. The molecule has 0 N–H and O–H groups in total. The second kappa shape index (κ2) is 3.44. The highest BCUT2D eigenvalue weighted by atomic mass is 16.2. The molecular weight excluding hydrogens is 226 g/mol. The van der Waals surface area contributed by atoms with Crippen LogP contribution in [0.4, 0.5) is 0 Å². The summed E-state index contributed by atoms with van der Waals surface area (Å²) >= 11 is 0. The van der Waals surface area contributed by atoms with Crippen molar-refractivity contribution < 1.29 is 9.59 Å². The average Bonchev–Trinajstić information content (AvgIpc) is 3.06. The molecule has 92 valence electrons. The fourth-order valence-electron chi connectivity index (χ4n) is 4.04. The van der Waals surface area contributed by atoms with Crippen LogP contribution in [0.15, 0.2) is 24.3 Å². The van der Waals surface area contributed by atoms with Gasteiger partial charge in [0.1, 0.15) is 0 Å². The van der Waals surface area contributed by atoms with Gasteiger partial charge in [-0.2, -0.15) is 0 Å². The molecule has 0 aromatic heterocycles. The van der Waals surface area contributed by atoms with E-state index in [4.69, 9.17) is 0 Å². The minimum absolute atomic E-state index is 0.0758. The van der Waals surface area contributed by atoms with Crippen LogP contribution < -0.4 is 0 Å². The zero-order valence-corrected chi connectivity index (χ0v) is 10.1. The van der Waals surface area contributed by atoms with E-state index in [0.29, 0.717) is 17.0 Å². The lowest BCUT2D eigenvalue weighted by atomic mass is 9.94. The lowest BCUT2D eigenvalue weighted by Gasteiger charge is -2.29. The van der Waals surface area contributed by atoms with Gasteiger partial charge in [-0.15, -0.1) is 0 Å². The maximum absolute atomic E-state index is 12.4. The number of benzene rings is 1. The molecule has 1 heterocycles. The van der Waals surface area contributed by atoms with Gasteiger partial charge in [-0.1, -0.05) is 18.6 Å². The molecule has 0 unspecified atom stereocenters. The average molecular weight is 241 g/mol. The van der Waals surface area contributed by atoms with E-state index in [1.807, 2.05) is 12.1 Å². The van der Waals surface area contributed by atoms with Gasteiger partial charge in [0.15, 0.2) is 0 Å². The summed E-state index contributed by atoms with van der Waals surface area (Å²) in [5.41, 5.74) is 1.18. The maximum Gasteiger partial charge on any atom is 0.261 e. The van der Waals surface area contributed by atoms with Crippen LogP contribution in [0.1, 0.15) is 46.4 Å². The summed E-state index contributed by atoms with van der Waals surface area (Å²) in [5.74, 6) is 1.14. The molecule has 1 aromatic carbocycles. The zero-order chi connectivity index (χ0) is 12.3. The minimum Gasteiger partial charge on any atom is -0.271 e. The third-order valence-electron chi connectivity index (χ3n) is 4.86. The van der Waals surface area contributed by atoms with Crippen LogP contribution in [0.25, 0.3) is 0 Å². The molecule has 1 aromatic rings. The predicted octanol–water partition coefficient (Wildman–Crippen LogP) is 2.47. The maximum atomic E-state index is 12.4. The Kier molecular flexibility index (Phi) is 1.97. The molecule has 2 bridgehead atoms. The van der Waals surface area contributed by atoms with Crippen LogP contribution in [0.5, 0.6) is 0 Å². The number of hydrogen-bond donors (Lipinski definition) is 0. The van der Waals surface area contributed by atoms with Crippen molar-refractivity contribution in [2.75, 3.05) is 0 Å². The van der Waals surface area contributed by atoms with Crippen LogP contribution in [0.3, 0.4) is 0 Å². The summed E-state index contributed by atoms with van der Waals surface area (Å²) < 4.78 is 0. The first-order valence-electron chi connectivity index (χ1n) is 6.72. The number of amides is 2. The monoisotopic (exact) mass is 241 g/mol. The van der Waals surface area contributed by atoms with Gasteiger partial charge in [0.2, 0.25) is 0 Å². The van der Waals surface area contributed by atoms with E-state index < -0.39 is 0 Å². The van der Waals surface area contributed by atoms with Gasteiger partial charge in [-0.05, 0) is 43.2 Å². The molecule has 3 aliphatic rings. The third kappa shape index (κ3) is 1.19. The van der Waals surface area contributed by atoms with Crippen LogP contribution >= 0.6 is 0 Å². The van der Waals surface area contributed by atoms with Gasteiger partial charge in [-0.25, -0.2) is 0 Å². The highest BCUT2D eigenvalue weighted by Gasteiger charge is 2.49. The molecule has 18 heavy (non-hydrogen) atoms. The Morgan fingerprint density at radius 2 is 1.61 bits per heavy atom. The van der Waals surface area contributed by atoms with Gasteiger partial charge < -0.3 is 0 Å². The summed E-state index contributed by atoms with van der Waals surface area (Å²) in [7, 11) is 0. The highest BCUT2D eigenvalue weighted by molar-refractivity contribution is 6.21. The van der Waals surface area contributed by atoms with Crippen molar-refractivity contribution in [3.8, 4) is 0 Å². The minimum atomic E-state index is -0.0758. The Morgan fingerprint density at radius 1 is 0.944 bits per heavy atom. The Balaban J connectivity index is 1.72. The molecule has 2 aliphatic carbocycles. The molecular formula is C15H15NO2. The molecule has 4 rings (SSSR count). The van der Waals surface area contributed by atoms with Crippen molar-refractivity contribution in [1.82, 2.24) is 4.90 Å². The van der Waals surface area contributed by atoms with Crippen LogP contribution in [0.2, 0.25) is 0 Å². The molecule has 3 atom stereocenters. The van der Waals surface area contributed by atoms with Gasteiger partial charge in [0.05, 0.1) is 11.1 Å². The Hall–Kier alpha value is -1.64. The fraction of sp³-hybridized carbons (Fsp3) is 0.467. The Bertz CT molecular complexity index is 516. The van der Waals surface area contributed by atoms with Crippen molar-refractivity contribution >= 4 is 11.8 Å². The van der Waals surface area contributed by atoms with Gasteiger partial charge in [0.25, 0.3) is 11.8 Å². The largest absolute Gasteiger partial charge is 0.271 e. The molecule has 0 saturated heterocycles. The SMILES string of the molecule is O=C1c2ccccc2C(=O)N1[C@H]1C[C@@H]2CC[C@H]1C2. The predicted molar refractivity (Wildman–Crippen MR) is 66.2 cm³/mol. The van der Waals surface area contributed by atoms with Crippen molar-refractivity contribution in [2.45, 2.75) is 31.7 Å².